The molecule has 0 radical (unpaired) electrons. The number of anilines is 1. The van der Waals surface area contributed by atoms with Crippen molar-refractivity contribution in [2.75, 3.05) is 19.4 Å². The molecule has 0 spiro atoms. The summed E-state index contributed by atoms with van der Waals surface area (Å²) in [5, 5.41) is 8.91. The predicted molar refractivity (Wildman–Crippen MR) is 115 cm³/mol. The van der Waals surface area contributed by atoms with E-state index in [1.807, 2.05) is 44.3 Å². The average Bonchev–Trinajstić information content (AvgIpc) is 2.74. The standard InChI is InChI=1S/C18H20ClFN2O.C2H7N3O/c1-12(20)14-6-4-7-15(10-14)13(2)22-23-11-16-17(19)8-5-9-18(16)21-3;1-5(2-6)4-3/h4-10,12,21H,11H2,1-3H3;2,4H,3H2,1H3. The van der Waals surface area contributed by atoms with E-state index in [0.29, 0.717) is 22.7 Å². The van der Waals surface area contributed by atoms with Crippen LogP contribution in [0.3, 0.4) is 0 Å². The molecule has 2 aromatic carbocycles. The number of carbonyl (C=O) groups is 1. The third kappa shape index (κ3) is 8.06. The maximum absolute atomic E-state index is 13.4. The summed E-state index contributed by atoms with van der Waals surface area (Å²) in [6.07, 6.45) is -0.440. The molecule has 2 aromatic rings. The minimum absolute atomic E-state index is 0.256. The molecule has 0 aliphatic rings. The number of hydrazine groups is 2. The molecule has 0 heterocycles. The van der Waals surface area contributed by atoms with E-state index in [0.717, 1.165) is 21.8 Å². The van der Waals surface area contributed by atoms with Crippen LogP contribution in [0.25, 0.3) is 0 Å². The molecule has 1 amide bonds. The summed E-state index contributed by atoms with van der Waals surface area (Å²) in [7, 11) is 3.33. The van der Waals surface area contributed by atoms with Crippen LogP contribution in [0.2, 0.25) is 5.02 Å². The highest BCUT2D eigenvalue weighted by molar-refractivity contribution is 6.31. The number of benzene rings is 2. The van der Waals surface area contributed by atoms with Crippen molar-refractivity contribution in [3.63, 3.8) is 0 Å². The van der Waals surface area contributed by atoms with Gasteiger partial charge in [-0.2, -0.15) is 5.53 Å². The van der Waals surface area contributed by atoms with Crippen molar-refractivity contribution in [2.45, 2.75) is 26.6 Å². The molecule has 7 nitrogen and oxygen atoms in total. The first-order valence-corrected chi connectivity index (χ1v) is 9.22. The summed E-state index contributed by atoms with van der Waals surface area (Å²) in [5.41, 5.74) is 5.97. The molecule has 9 heteroatoms. The number of halogens is 2. The zero-order chi connectivity index (χ0) is 21.8. The van der Waals surface area contributed by atoms with Gasteiger partial charge in [0.05, 0.1) is 5.71 Å². The van der Waals surface area contributed by atoms with E-state index in [1.54, 1.807) is 12.1 Å². The van der Waals surface area contributed by atoms with Crippen LogP contribution in [0.1, 0.15) is 36.7 Å². The highest BCUT2D eigenvalue weighted by Crippen LogP contribution is 2.25. The number of nitrogens with two attached hydrogens (primary N) is 1. The molecule has 1 atom stereocenters. The topological polar surface area (TPSA) is 92.0 Å². The Labute approximate surface area is 175 Å². The summed E-state index contributed by atoms with van der Waals surface area (Å²) in [5.74, 6) is 4.73. The van der Waals surface area contributed by atoms with E-state index < -0.39 is 6.17 Å². The summed E-state index contributed by atoms with van der Waals surface area (Å²) in [6.45, 7) is 3.60. The van der Waals surface area contributed by atoms with Crippen LogP contribution in [0.15, 0.2) is 47.6 Å². The Morgan fingerprint density at radius 1 is 1.38 bits per heavy atom. The maximum atomic E-state index is 13.4. The summed E-state index contributed by atoms with van der Waals surface area (Å²) < 4.78 is 13.4. The van der Waals surface area contributed by atoms with Crippen molar-refractivity contribution >= 4 is 29.4 Å². The number of hydrogen-bond acceptors (Lipinski definition) is 6. The van der Waals surface area contributed by atoms with Crippen molar-refractivity contribution in [1.82, 2.24) is 10.5 Å². The molecule has 0 fully saturated rings. The first kappa shape index (κ1) is 24.4. The zero-order valence-corrected chi connectivity index (χ0v) is 17.7. The van der Waals surface area contributed by atoms with Crippen LogP contribution in [-0.4, -0.2) is 31.2 Å². The van der Waals surface area contributed by atoms with Gasteiger partial charge in [0.1, 0.15) is 12.8 Å². The van der Waals surface area contributed by atoms with E-state index >= 15 is 0 Å². The lowest BCUT2D eigenvalue weighted by atomic mass is 10.1. The Morgan fingerprint density at radius 2 is 2.07 bits per heavy atom. The van der Waals surface area contributed by atoms with Crippen molar-refractivity contribution in [2.24, 2.45) is 11.0 Å². The van der Waals surface area contributed by atoms with Gasteiger partial charge in [-0.05, 0) is 43.2 Å². The number of hydrogen-bond donors (Lipinski definition) is 3. The van der Waals surface area contributed by atoms with Gasteiger partial charge in [0.25, 0.3) is 0 Å². The molecule has 0 saturated heterocycles. The normalized spacial score (nSPS) is 11.8. The van der Waals surface area contributed by atoms with Crippen LogP contribution in [0.4, 0.5) is 10.1 Å². The van der Waals surface area contributed by atoms with Crippen LogP contribution in [0, 0.1) is 0 Å². The van der Waals surface area contributed by atoms with E-state index in [9.17, 15) is 9.18 Å². The second-order valence-electron chi connectivity index (χ2n) is 6.05. The molecule has 158 valence electrons. The van der Waals surface area contributed by atoms with E-state index in [-0.39, 0.29) is 6.61 Å². The Kier molecular flexibility index (Phi) is 10.7. The number of rotatable bonds is 8. The fourth-order valence-electron chi connectivity index (χ4n) is 2.23. The van der Waals surface area contributed by atoms with Gasteiger partial charge in [-0.3, -0.25) is 15.6 Å². The Morgan fingerprint density at radius 3 is 2.62 bits per heavy atom. The molecule has 4 N–H and O–H groups in total. The van der Waals surface area contributed by atoms with Crippen LogP contribution < -0.4 is 16.7 Å². The number of amides is 1. The number of oxime groups is 1. The predicted octanol–water partition coefficient (Wildman–Crippen LogP) is 3.81. The smallest absolute Gasteiger partial charge is 0.224 e. The SMILES string of the molecule is CN(C=O)NN.CNc1cccc(Cl)c1CON=C(C)c1cccc(C(C)F)c1. The zero-order valence-electron chi connectivity index (χ0n) is 16.9. The lowest BCUT2D eigenvalue weighted by molar-refractivity contribution is -0.119. The second-order valence-corrected chi connectivity index (χ2v) is 6.46. The molecule has 0 aliphatic carbocycles. The molecular formula is C20H27ClFN5O2. The number of nitrogens with zero attached hydrogens (tertiary/aromatic N) is 2. The molecule has 1 unspecified atom stereocenters. The molecule has 0 saturated carbocycles. The largest absolute Gasteiger partial charge is 0.391 e. The van der Waals surface area contributed by atoms with Gasteiger partial charge in [-0.25, -0.2) is 4.39 Å². The fraction of sp³-hybridized carbons (Fsp3) is 0.300. The van der Waals surface area contributed by atoms with Crippen LogP contribution >= 0.6 is 11.6 Å². The monoisotopic (exact) mass is 423 g/mol. The van der Waals surface area contributed by atoms with Gasteiger partial charge < -0.3 is 10.2 Å². The first-order valence-electron chi connectivity index (χ1n) is 8.84. The summed E-state index contributed by atoms with van der Waals surface area (Å²) in [4.78, 5) is 14.9. The summed E-state index contributed by atoms with van der Waals surface area (Å²) >= 11 is 6.19. The first-order chi connectivity index (χ1) is 13.8. The molecule has 0 aliphatic heterocycles. The third-order valence-corrected chi connectivity index (χ3v) is 4.28. The Balaban J connectivity index is 0.000000612. The van der Waals surface area contributed by atoms with E-state index in [1.165, 1.54) is 14.0 Å². The molecule has 2 rings (SSSR count). The van der Waals surface area contributed by atoms with Gasteiger partial charge in [-0.1, -0.05) is 41.0 Å². The Bertz CT molecular complexity index is 817. The van der Waals surface area contributed by atoms with Gasteiger partial charge in [0.15, 0.2) is 0 Å². The van der Waals surface area contributed by atoms with Gasteiger partial charge in [0.2, 0.25) is 6.41 Å². The highest BCUT2D eigenvalue weighted by atomic mass is 35.5. The molecule has 29 heavy (non-hydrogen) atoms. The van der Waals surface area contributed by atoms with Crippen molar-refractivity contribution in [3.8, 4) is 0 Å². The third-order valence-electron chi connectivity index (χ3n) is 3.92. The van der Waals surface area contributed by atoms with Crippen molar-refractivity contribution in [3.05, 3.63) is 64.2 Å². The Hall–Kier alpha value is -2.68. The maximum Gasteiger partial charge on any atom is 0.224 e. The molecule has 0 bridgehead atoms. The summed E-state index contributed by atoms with van der Waals surface area (Å²) in [6, 6.07) is 12.8. The van der Waals surface area contributed by atoms with Gasteiger partial charge in [0, 0.05) is 30.4 Å². The second kappa shape index (κ2) is 12.7. The quantitative estimate of drug-likeness (QED) is 0.260. The number of alkyl halides is 1. The van der Waals surface area contributed by atoms with Gasteiger partial charge >= 0.3 is 0 Å². The number of carbonyl (C=O) groups excluding carboxylic acids is 1. The lowest BCUT2D eigenvalue weighted by Crippen LogP contribution is -2.38. The number of nitrogens with one attached hydrogen (secondary N) is 2. The van der Waals surface area contributed by atoms with Crippen molar-refractivity contribution < 1.29 is 14.0 Å². The molecular weight excluding hydrogens is 397 g/mol. The van der Waals surface area contributed by atoms with Crippen LogP contribution in [-0.2, 0) is 16.2 Å². The highest BCUT2D eigenvalue weighted by Gasteiger charge is 2.08. The van der Waals surface area contributed by atoms with Gasteiger partial charge in [-0.15, -0.1) is 0 Å². The minimum atomic E-state index is -1.01. The fourth-order valence-corrected chi connectivity index (χ4v) is 2.46. The lowest BCUT2D eigenvalue weighted by Gasteiger charge is -2.10. The molecule has 0 aromatic heterocycles. The van der Waals surface area contributed by atoms with E-state index in [2.05, 4.69) is 16.0 Å². The average molecular weight is 424 g/mol. The van der Waals surface area contributed by atoms with E-state index in [4.69, 9.17) is 22.3 Å². The van der Waals surface area contributed by atoms with Crippen molar-refractivity contribution in [1.29, 1.82) is 0 Å². The minimum Gasteiger partial charge on any atom is -0.391 e. The van der Waals surface area contributed by atoms with Crippen LogP contribution in [0.5, 0.6) is 0 Å².